The zero-order chi connectivity index (χ0) is 13.6. The van der Waals surface area contributed by atoms with E-state index >= 15 is 0 Å². The van der Waals surface area contributed by atoms with Crippen LogP contribution in [0.25, 0.3) is 0 Å². The van der Waals surface area contributed by atoms with Crippen molar-refractivity contribution in [2.75, 3.05) is 11.1 Å². The Morgan fingerprint density at radius 1 is 1.39 bits per heavy atom. The fourth-order valence-electron chi connectivity index (χ4n) is 2.28. The van der Waals surface area contributed by atoms with Crippen LogP contribution in [0.15, 0.2) is 18.2 Å². The summed E-state index contributed by atoms with van der Waals surface area (Å²) in [6.07, 6.45) is -3.61. The summed E-state index contributed by atoms with van der Waals surface area (Å²) in [5.41, 5.74) is 4.00. The second kappa shape index (κ2) is 4.05. The smallest absolute Gasteiger partial charge is 0.397 e. The molecule has 0 radical (unpaired) electrons. The molecule has 0 spiro atoms. The maximum atomic E-state index is 12.8. The lowest BCUT2D eigenvalue weighted by molar-refractivity contribution is -0.137. The summed E-state index contributed by atoms with van der Waals surface area (Å²) in [6, 6.07) is 3.52. The monoisotopic (exact) mass is 260 g/mol. The van der Waals surface area contributed by atoms with E-state index in [4.69, 9.17) is 5.73 Å². The SMILES string of the molecule is C[C@]1(O)C[C@@H](Nc2c(N)cccc2C(F)(F)F)C1. The molecule has 1 aliphatic rings. The molecule has 18 heavy (non-hydrogen) atoms. The van der Waals surface area contributed by atoms with Crippen LogP contribution in [0, 0.1) is 0 Å². The Morgan fingerprint density at radius 2 is 2.00 bits per heavy atom. The van der Waals surface area contributed by atoms with Crippen LogP contribution in [0.4, 0.5) is 24.5 Å². The Morgan fingerprint density at radius 3 is 2.50 bits per heavy atom. The van der Waals surface area contributed by atoms with E-state index in [1.807, 2.05) is 0 Å². The number of nitrogens with one attached hydrogen (secondary N) is 1. The number of nitrogens with two attached hydrogens (primary N) is 1. The molecule has 1 aromatic rings. The van der Waals surface area contributed by atoms with Gasteiger partial charge in [-0.05, 0) is 31.9 Å². The van der Waals surface area contributed by atoms with E-state index in [0.717, 1.165) is 6.07 Å². The van der Waals surface area contributed by atoms with Crippen molar-refractivity contribution in [2.45, 2.75) is 37.6 Å². The molecule has 3 nitrogen and oxygen atoms in total. The predicted octanol–water partition coefficient (Wildman–Crippen LogP) is 2.61. The first kappa shape index (κ1) is 13.0. The second-order valence-corrected chi connectivity index (χ2v) is 5.01. The first-order chi connectivity index (χ1) is 8.19. The van der Waals surface area contributed by atoms with E-state index in [2.05, 4.69) is 5.32 Å². The lowest BCUT2D eigenvalue weighted by atomic mass is 9.77. The van der Waals surface area contributed by atoms with Crippen molar-refractivity contribution >= 4 is 11.4 Å². The van der Waals surface area contributed by atoms with Crippen LogP contribution in [-0.4, -0.2) is 16.7 Å². The number of benzene rings is 1. The van der Waals surface area contributed by atoms with Gasteiger partial charge >= 0.3 is 6.18 Å². The minimum Gasteiger partial charge on any atom is -0.397 e. The van der Waals surface area contributed by atoms with Crippen molar-refractivity contribution in [1.29, 1.82) is 0 Å². The number of halogens is 3. The van der Waals surface area contributed by atoms with E-state index in [1.165, 1.54) is 12.1 Å². The standard InChI is InChI=1S/C12H15F3N2O/c1-11(18)5-7(6-11)17-10-8(12(13,14)15)3-2-4-9(10)16/h2-4,7,17-18H,5-6,16H2,1H3/t7-,11+. The number of rotatable bonds is 2. The molecule has 0 bridgehead atoms. The average molecular weight is 260 g/mol. The molecule has 0 aliphatic heterocycles. The van der Waals surface area contributed by atoms with Gasteiger partial charge in [0.15, 0.2) is 0 Å². The second-order valence-electron chi connectivity index (χ2n) is 5.01. The molecular weight excluding hydrogens is 245 g/mol. The van der Waals surface area contributed by atoms with Crippen LogP contribution in [0.5, 0.6) is 0 Å². The highest BCUT2D eigenvalue weighted by molar-refractivity contribution is 5.71. The predicted molar refractivity (Wildman–Crippen MR) is 63.1 cm³/mol. The summed E-state index contributed by atoms with van der Waals surface area (Å²) in [5, 5.41) is 12.3. The van der Waals surface area contributed by atoms with Gasteiger partial charge in [0.1, 0.15) is 0 Å². The molecule has 6 heteroatoms. The maximum absolute atomic E-state index is 12.8. The molecule has 0 aromatic heterocycles. The Bertz CT molecular complexity index is 449. The minimum atomic E-state index is -4.44. The van der Waals surface area contributed by atoms with Gasteiger partial charge in [0.05, 0.1) is 22.5 Å². The molecule has 1 saturated carbocycles. The molecule has 0 saturated heterocycles. The highest BCUT2D eigenvalue weighted by atomic mass is 19.4. The quantitative estimate of drug-likeness (QED) is 0.716. The van der Waals surface area contributed by atoms with Crippen LogP contribution in [-0.2, 0) is 6.18 Å². The van der Waals surface area contributed by atoms with Gasteiger partial charge in [-0.25, -0.2) is 0 Å². The molecule has 0 amide bonds. The third kappa shape index (κ3) is 2.53. The van der Waals surface area contributed by atoms with E-state index in [0.29, 0.717) is 12.8 Å². The summed E-state index contributed by atoms with van der Waals surface area (Å²) in [4.78, 5) is 0. The molecule has 4 N–H and O–H groups in total. The zero-order valence-electron chi connectivity index (χ0n) is 9.88. The Balaban J connectivity index is 2.22. The van der Waals surface area contributed by atoms with Crippen molar-refractivity contribution in [3.05, 3.63) is 23.8 Å². The summed E-state index contributed by atoms with van der Waals surface area (Å²) in [5.74, 6) is 0. The number of hydrogen-bond donors (Lipinski definition) is 3. The molecular formula is C12H15F3N2O. The Kier molecular flexibility index (Phi) is 2.93. The fourth-order valence-corrected chi connectivity index (χ4v) is 2.28. The summed E-state index contributed by atoms with van der Waals surface area (Å²) < 4.78 is 38.4. The Labute approximate surface area is 103 Å². The number of alkyl halides is 3. The molecule has 0 unspecified atom stereocenters. The first-order valence-electron chi connectivity index (χ1n) is 5.64. The lowest BCUT2D eigenvalue weighted by Gasteiger charge is -2.42. The van der Waals surface area contributed by atoms with Gasteiger partial charge in [0, 0.05) is 6.04 Å². The van der Waals surface area contributed by atoms with E-state index in [9.17, 15) is 18.3 Å². The number of para-hydroxylation sites is 1. The van der Waals surface area contributed by atoms with Gasteiger partial charge in [-0.2, -0.15) is 13.2 Å². The van der Waals surface area contributed by atoms with Crippen LogP contribution in [0.3, 0.4) is 0 Å². The number of aliphatic hydroxyl groups is 1. The molecule has 1 fully saturated rings. The fraction of sp³-hybridized carbons (Fsp3) is 0.500. The van der Waals surface area contributed by atoms with E-state index < -0.39 is 17.3 Å². The van der Waals surface area contributed by atoms with Crippen LogP contribution >= 0.6 is 0 Å². The van der Waals surface area contributed by atoms with Gasteiger partial charge in [-0.15, -0.1) is 0 Å². The molecule has 1 aliphatic carbocycles. The molecule has 1 aromatic carbocycles. The Hall–Kier alpha value is -1.43. The first-order valence-corrected chi connectivity index (χ1v) is 5.64. The maximum Gasteiger partial charge on any atom is 0.418 e. The van der Waals surface area contributed by atoms with Crippen molar-refractivity contribution in [2.24, 2.45) is 0 Å². The van der Waals surface area contributed by atoms with Crippen LogP contribution in [0.1, 0.15) is 25.3 Å². The van der Waals surface area contributed by atoms with Gasteiger partial charge in [0.25, 0.3) is 0 Å². The molecule has 100 valence electrons. The number of anilines is 2. The molecule has 0 heterocycles. The summed E-state index contributed by atoms with van der Waals surface area (Å²) in [7, 11) is 0. The lowest BCUT2D eigenvalue weighted by Crippen LogP contribution is -2.48. The zero-order valence-corrected chi connectivity index (χ0v) is 9.88. The average Bonchev–Trinajstić information content (AvgIpc) is 2.16. The van der Waals surface area contributed by atoms with Gasteiger partial charge in [-0.3, -0.25) is 0 Å². The number of hydrogen-bond acceptors (Lipinski definition) is 3. The number of nitrogen functional groups attached to an aromatic ring is 1. The van der Waals surface area contributed by atoms with Crippen LogP contribution < -0.4 is 11.1 Å². The third-order valence-electron chi connectivity index (χ3n) is 3.12. The largest absolute Gasteiger partial charge is 0.418 e. The third-order valence-corrected chi connectivity index (χ3v) is 3.12. The summed E-state index contributed by atoms with van der Waals surface area (Å²) >= 11 is 0. The highest BCUT2D eigenvalue weighted by Gasteiger charge is 2.40. The topological polar surface area (TPSA) is 58.3 Å². The highest BCUT2D eigenvalue weighted by Crippen LogP contribution is 2.41. The van der Waals surface area contributed by atoms with Crippen LogP contribution in [0.2, 0.25) is 0 Å². The minimum absolute atomic E-state index is 0.0661. The van der Waals surface area contributed by atoms with Crippen molar-refractivity contribution in [1.82, 2.24) is 0 Å². The van der Waals surface area contributed by atoms with Crippen molar-refractivity contribution < 1.29 is 18.3 Å². The van der Waals surface area contributed by atoms with Gasteiger partial charge in [0.2, 0.25) is 0 Å². The molecule has 0 atom stereocenters. The van der Waals surface area contributed by atoms with E-state index in [-0.39, 0.29) is 17.4 Å². The molecule has 2 rings (SSSR count). The van der Waals surface area contributed by atoms with E-state index in [1.54, 1.807) is 6.92 Å². The van der Waals surface area contributed by atoms with Gasteiger partial charge in [-0.1, -0.05) is 6.07 Å². The van der Waals surface area contributed by atoms with Crippen molar-refractivity contribution in [3.63, 3.8) is 0 Å². The normalized spacial score (nSPS) is 27.7. The van der Waals surface area contributed by atoms with Crippen molar-refractivity contribution in [3.8, 4) is 0 Å². The summed E-state index contributed by atoms with van der Waals surface area (Å²) in [6.45, 7) is 1.66. The van der Waals surface area contributed by atoms with Gasteiger partial charge < -0.3 is 16.2 Å².